The number of carbonyl (C=O) groups is 1. The first-order valence-corrected chi connectivity index (χ1v) is 5.31. The molecule has 1 aromatic rings. The maximum Gasteiger partial charge on any atom is 0.255 e. The zero-order chi connectivity index (χ0) is 11.4. The smallest absolute Gasteiger partial charge is 0.255 e. The Kier molecular flexibility index (Phi) is 3.26. The summed E-state index contributed by atoms with van der Waals surface area (Å²) in [4.78, 5) is 11.8. The number of fused-ring (bicyclic) bond motifs is 1. The van der Waals surface area contributed by atoms with Crippen molar-refractivity contribution >= 4 is 11.6 Å². The van der Waals surface area contributed by atoms with Crippen molar-refractivity contribution in [1.29, 1.82) is 0 Å². The van der Waals surface area contributed by atoms with E-state index in [1.165, 1.54) is 0 Å². The van der Waals surface area contributed by atoms with Crippen molar-refractivity contribution in [3.8, 4) is 5.75 Å². The van der Waals surface area contributed by atoms with Crippen molar-refractivity contribution < 1.29 is 9.53 Å². The van der Waals surface area contributed by atoms with Gasteiger partial charge < -0.3 is 21.1 Å². The predicted octanol–water partition coefficient (Wildman–Crippen LogP) is 0.179. The van der Waals surface area contributed by atoms with Gasteiger partial charge in [0, 0.05) is 19.6 Å². The fourth-order valence-corrected chi connectivity index (χ4v) is 1.63. The van der Waals surface area contributed by atoms with Crippen molar-refractivity contribution in [3.05, 3.63) is 23.8 Å². The van der Waals surface area contributed by atoms with E-state index in [4.69, 9.17) is 10.5 Å². The standard InChI is InChI=1S/C11H15N3O2/c12-4-5-14-11(15)8-2-1-3-9-10(8)16-7-6-13-9/h1-3,13H,4-7,12H2,(H,14,15). The van der Waals surface area contributed by atoms with Gasteiger partial charge in [0.05, 0.1) is 11.3 Å². The van der Waals surface area contributed by atoms with Gasteiger partial charge in [0.1, 0.15) is 6.61 Å². The zero-order valence-corrected chi connectivity index (χ0v) is 8.95. The van der Waals surface area contributed by atoms with E-state index in [1.807, 2.05) is 12.1 Å². The number of para-hydroxylation sites is 1. The molecule has 0 atom stereocenters. The average Bonchev–Trinajstić information content (AvgIpc) is 2.35. The summed E-state index contributed by atoms with van der Waals surface area (Å²) in [5.41, 5.74) is 6.76. The van der Waals surface area contributed by atoms with Crippen LogP contribution in [0, 0.1) is 0 Å². The van der Waals surface area contributed by atoms with Crippen LogP contribution in [0.5, 0.6) is 5.75 Å². The number of anilines is 1. The molecule has 0 aromatic heterocycles. The molecule has 1 aromatic carbocycles. The molecule has 0 bridgehead atoms. The molecule has 86 valence electrons. The molecule has 16 heavy (non-hydrogen) atoms. The quantitative estimate of drug-likeness (QED) is 0.680. The fraction of sp³-hybridized carbons (Fsp3) is 0.364. The van der Waals surface area contributed by atoms with Gasteiger partial charge in [-0.05, 0) is 12.1 Å². The number of amides is 1. The molecule has 4 N–H and O–H groups in total. The summed E-state index contributed by atoms with van der Waals surface area (Å²) in [5, 5.41) is 5.91. The molecule has 0 aliphatic carbocycles. The first kappa shape index (κ1) is 10.8. The summed E-state index contributed by atoms with van der Waals surface area (Å²) >= 11 is 0. The van der Waals surface area contributed by atoms with Crippen LogP contribution in [0.1, 0.15) is 10.4 Å². The summed E-state index contributed by atoms with van der Waals surface area (Å²) in [6.07, 6.45) is 0. The number of nitrogens with two attached hydrogens (primary N) is 1. The highest BCUT2D eigenvalue weighted by Crippen LogP contribution is 2.30. The van der Waals surface area contributed by atoms with Crippen LogP contribution in [0.3, 0.4) is 0 Å². The highest BCUT2D eigenvalue weighted by Gasteiger charge is 2.18. The van der Waals surface area contributed by atoms with Gasteiger partial charge in [-0.2, -0.15) is 0 Å². The van der Waals surface area contributed by atoms with Crippen LogP contribution in [-0.4, -0.2) is 32.1 Å². The molecule has 5 nitrogen and oxygen atoms in total. The molecular weight excluding hydrogens is 206 g/mol. The normalized spacial score (nSPS) is 13.3. The van der Waals surface area contributed by atoms with Crippen molar-refractivity contribution in [2.75, 3.05) is 31.6 Å². The zero-order valence-electron chi connectivity index (χ0n) is 8.95. The molecule has 0 fully saturated rings. The number of ether oxygens (including phenoxy) is 1. The van der Waals surface area contributed by atoms with E-state index in [9.17, 15) is 4.79 Å². The van der Waals surface area contributed by atoms with Gasteiger partial charge in [0.25, 0.3) is 5.91 Å². The average molecular weight is 221 g/mol. The predicted molar refractivity (Wildman–Crippen MR) is 61.8 cm³/mol. The van der Waals surface area contributed by atoms with E-state index in [2.05, 4.69) is 10.6 Å². The van der Waals surface area contributed by atoms with Gasteiger partial charge in [-0.3, -0.25) is 4.79 Å². The Hall–Kier alpha value is -1.75. The molecule has 1 aliphatic rings. The number of rotatable bonds is 3. The summed E-state index contributed by atoms with van der Waals surface area (Å²) in [5.74, 6) is 0.481. The minimum absolute atomic E-state index is 0.147. The van der Waals surface area contributed by atoms with E-state index < -0.39 is 0 Å². The number of nitrogens with one attached hydrogen (secondary N) is 2. The van der Waals surface area contributed by atoms with Gasteiger partial charge in [-0.15, -0.1) is 0 Å². The highest BCUT2D eigenvalue weighted by atomic mass is 16.5. The minimum Gasteiger partial charge on any atom is -0.489 e. The first-order chi connectivity index (χ1) is 7.83. The van der Waals surface area contributed by atoms with Gasteiger partial charge >= 0.3 is 0 Å². The van der Waals surface area contributed by atoms with Crippen LogP contribution in [0.4, 0.5) is 5.69 Å². The lowest BCUT2D eigenvalue weighted by molar-refractivity contribution is 0.0950. The molecule has 0 radical (unpaired) electrons. The molecule has 0 saturated carbocycles. The number of benzene rings is 1. The lowest BCUT2D eigenvalue weighted by atomic mass is 10.1. The molecule has 0 spiro atoms. The SMILES string of the molecule is NCCNC(=O)c1cccc2c1OCCN2. The van der Waals surface area contributed by atoms with Crippen molar-refractivity contribution in [2.45, 2.75) is 0 Å². The third-order valence-corrected chi connectivity index (χ3v) is 2.35. The van der Waals surface area contributed by atoms with E-state index in [1.54, 1.807) is 6.07 Å². The van der Waals surface area contributed by atoms with Gasteiger partial charge in [-0.25, -0.2) is 0 Å². The second-order valence-electron chi connectivity index (χ2n) is 3.50. The number of hydrogen-bond donors (Lipinski definition) is 3. The fourth-order valence-electron chi connectivity index (χ4n) is 1.63. The van der Waals surface area contributed by atoms with Crippen LogP contribution in [-0.2, 0) is 0 Å². The number of carbonyl (C=O) groups excluding carboxylic acids is 1. The third kappa shape index (κ3) is 2.09. The summed E-state index contributed by atoms with van der Waals surface area (Å²) in [6, 6.07) is 5.48. The Labute approximate surface area is 94.0 Å². The van der Waals surface area contributed by atoms with Crippen LogP contribution < -0.4 is 21.1 Å². The Morgan fingerprint density at radius 1 is 1.56 bits per heavy atom. The molecule has 1 amide bonds. The molecule has 5 heteroatoms. The summed E-state index contributed by atoms with van der Waals surface area (Å²) in [6.45, 7) is 2.24. The lowest BCUT2D eigenvalue weighted by Gasteiger charge is -2.21. The van der Waals surface area contributed by atoms with Gasteiger partial charge in [0.15, 0.2) is 5.75 Å². The maximum atomic E-state index is 11.8. The Bertz CT molecular complexity index is 393. The third-order valence-electron chi connectivity index (χ3n) is 2.35. The van der Waals surface area contributed by atoms with E-state index in [0.717, 1.165) is 12.2 Å². The second kappa shape index (κ2) is 4.85. The topological polar surface area (TPSA) is 76.4 Å². The maximum absolute atomic E-state index is 11.8. The molecule has 2 rings (SSSR count). The second-order valence-corrected chi connectivity index (χ2v) is 3.50. The summed E-state index contributed by atoms with van der Waals surface area (Å²) in [7, 11) is 0. The monoisotopic (exact) mass is 221 g/mol. The molecule has 1 heterocycles. The van der Waals surface area contributed by atoms with Crippen molar-refractivity contribution in [1.82, 2.24) is 5.32 Å². The number of hydrogen-bond acceptors (Lipinski definition) is 4. The molecule has 0 saturated heterocycles. The van der Waals surface area contributed by atoms with Gasteiger partial charge in [0.2, 0.25) is 0 Å². The molecule has 0 unspecified atom stereocenters. The highest BCUT2D eigenvalue weighted by molar-refractivity contribution is 5.98. The first-order valence-electron chi connectivity index (χ1n) is 5.31. The van der Waals surface area contributed by atoms with E-state index >= 15 is 0 Å². The van der Waals surface area contributed by atoms with E-state index in [0.29, 0.717) is 31.0 Å². The summed E-state index contributed by atoms with van der Waals surface area (Å²) < 4.78 is 5.50. The van der Waals surface area contributed by atoms with Crippen LogP contribution >= 0.6 is 0 Å². The van der Waals surface area contributed by atoms with Crippen LogP contribution in [0.2, 0.25) is 0 Å². The molecular formula is C11H15N3O2. The Balaban J connectivity index is 2.23. The lowest BCUT2D eigenvalue weighted by Crippen LogP contribution is -2.30. The minimum atomic E-state index is -0.147. The van der Waals surface area contributed by atoms with Crippen LogP contribution in [0.15, 0.2) is 18.2 Å². The molecule has 1 aliphatic heterocycles. The Morgan fingerprint density at radius 3 is 3.25 bits per heavy atom. The Morgan fingerprint density at radius 2 is 2.44 bits per heavy atom. The van der Waals surface area contributed by atoms with E-state index in [-0.39, 0.29) is 5.91 Å². The largest absolute Gasteiger partial charge is 0.489 e. The van der Waals surface area contributed by atoms with Gasteiger partial charge in [-0.1, -0.05) is 6.07 Å². The van der Waals surface area contributed by atoms with Crippen molar-refractivity contribution in [2.24, 2.45) is 5.73 Å². The van der Waals surface area contributed by atoms with Crippen molar-refractivity contribution in [3.63, 3.8) is 0 Å². The van der Waals surface area contributed by atoms with Crippen LogP contribution in [0.25, 0.3) is 0 Å².